The number of hydrogen-bond acceptors (Lipinski definition) is 6. The van der Waals surface area contributed by atoms with Crippen molar-refractivity contribution in [2.75, 3.05) is 13.0 Å². The topological polar surface area (TPSA) is 74.2 Å². The van der Waals surface area contributed by atoms with Gasteiger partial charge in [0.2, 0.25) is 6.79 Å². The molecule has 0 spiro atoms. The fourth-order valence-electron chi connectivity index (χ4n) is 1.18. The van der Waals surface area contributed by atoms with Gasteiger partial charge < -0.3 is 9.47 Å². The number of benzene rings is 1. The molecule has 0 aromatic heterocycles. The van der Waals surface area contributed by atoms with E-state index in [1.807, 2.05) is 0 Å². The maximum absolute atomic E-state index is 10.7. The van der Waals surface area contributed by atoms with Gasteiger partial charge in [-0.05, 0) is 18.2 Å². The summed E-state index contributed by atoms with van der Waals surface area (Å²) in [5, 5.41) is 3.20. The third-order valence-corrected chi connectivity index (χ3v) is 2.50. The number of rotatable bonds is 3. The normalized spacial score (nSPS) is 14.8. The molecule has 0 N–H and O–H groups in total. The molecule has 0 bridgehead atoms. The van der Waals surface area contributed by atoms with Gasteiger partial charge in [0, 0.05) is 5.56 Å². The first kappa shape index (κ1) is 12.0. The van der Waals surface area contributed by atoms with Crippen molar-refractivity contribution in [3.05, 3.63) is 23.8 Å². The lowest BCUT2D eigenvalue weighted by atomic mass is 10.2. The summed E-state index contributed by atoms with van der Waals surface area (Å²) in [5.74, 6) is 1.12. The van der Waals surface area contributed by atoms with E-state index in [-0.39, 0.29) is 12.0 Å². The van der Waals surface area contributed by atoms with E-state index in [4.69, 9.17) is 21.1 Å². The summed E-state index contributed by atoms with van der Waals surface area (Å²) in [5.41, 5.74) is 0.472. The first-order valence-corrected chi connectivity index (χ1v) is 6.67. The van der Waals surface area contributed by atoms with Gasteiger partial charge >= 0.3 is 10.1 Å². The largest absolute Gasteiger partial charge is 0.454 e. The molecule has 1 heterocycles. The Morgan fingerprint density at radius 1 is 1.41 bits per heavy atom. The second-order valence-electron chi connectivity index (χ2n) is 3.23. The molecule has 0 fully saturated rings. The van der Waals surface area contributed by atoms with E-state index < -0.39 is 10.1 Å². The molecule has 6 nitrogen and oxygen atoms in total. The summed E-state index contributed by atoms with van der Waals surface area (Å²) in [7, 11) is -3.67. The number of hydrogen-bond donors (Lipinski definition) is 0. The van der Waals surface area contributed by atoms with Crippen LogP contribution < -0.4 is 9.47 Å². The Morgan fingerprint density at radius 3 is 2.82 bits per heavy atom. The Kier molecular flexibility index (Phi) is 3.12. The molecule has 0 amide bonds. The van der Waals surface area contributed by atoms with Crippen LogP contribution in [0.4, 0.5) is 0 Å². The van der Waals surface area contributed by atoms with E-state index in [9.17, 15) is 8.42 Å². The zero-order valence-corrected chi connectivity index (χ0v) is 10.3. The second-order valence-corrected chi connectivity index (χ2v) is 5.14. The lowest BCUT2D eigenvalue weighted by Crippen LogP contribution is -2.00. The van der Waals surface area contributed by atoms with Crippen molar-refractivity contribution in [2.45, 2.75) is 0 Å². The minimum atomic E-state index is -3.67. The molecule has 0 unspecified atom stereocenters. The zero-order chi connectivity index (χ0) is 12.5. The summed E-state index contributed by atoms with van der Waals surface area (Å²) >= 11 is 5.78. The Balaban J connectivity index is 2.23. The van der Waals surface area contributed by atoms with Crippen LogP contribution in [0.15, 0.2) is 23.4 Å². The molecule has 92 valence electrons. The van der Waals surface area contributed by atoms with Crippen LogP contribution in [-0.4, -0.2) is 26.6 Å². The summed E-state index contributed by atoms with van der Waals surface area (Å²) in [6.45, 7) is 0.146. The number of halogens is 1. The average Bonchev–Trinajstić information content (AvgIpc) is 2.71. The van der Waals surface area contributed by atoms with Crippen LogP contribution in [0.2, 0.25) is 0 Å². The molecule has 0 saturated carbocycles. The minimum Gasteiger partial charge on any atom is -0.454 e. The van der Waals surface area contributed by atoms with Crippen LogP contribution in [0.5, 0.6) is 11.5 Å². The Hall–Kier alpha value is -1.47. The predicted molar refractivity (Wildman–Crippen MR) is 60.9 cm³/mol. The number of fused-ring (bicyclic) bond motifs is 1. The van der Waals surface area contributed by atoms with Crippen molar-refractivity contribution in [2.24, 2.45) is 5.16 Å². The van der Waals surface area contributed by atoms with Crippen molar-refractivity contribution in [3.63, 3.8) is 0 Å². The molecule has 0 atom stereocenters. The van der Waals surface area contributed by atoms with Crippen molar-refractivity contribution in [1.82, 2.24) is 0 Å². The highest BCUT2D eigenvalue weighted by atomic mass is 35.5. The monoisotopic (exact) mass is 277 g/mol. The molecule has 1 aromatic rings. The average molecular weight is 278 g/mol. The molecule has 8 heteroatoms. The second kappa shape index (κ2) is 4.42. The van der Waals surface area contributed by atoms with E-state index in [0.717, 1.165) is 6.26 Å². The van der Waals surface area contributed by atoms with Gasteiger partial charge in [0.05, 0.1) is 6.26 Å². The Bertz CT molecular complexity index is 569. The lowest BCUT2D eigenvalue weighted by molar-refractivity contribution is 0.174. The molecule has 17 heavy (non-hydrogen) atoms. The molecule has 1 aromatic carbocycles. The smallest absolute Gasteiger partial charge is 0.325 e. The van der Waals surface area contributed by atoms with Crippen LogP contribution in [-0.2, 0) is 14.4 Å². The third kappa shape index (κ3) is 3.01. The molecular formula is C9H8ClNO5S. The van der Waals surface area contributed by atoms with Gasteiger partial charge in [-0.2, -0.15) is 8.42 Å². The van der Waals surface area contributed by atoms with Gasteiger partial charge in [-0.25, -0.2) is 0 Å². The van der Waals surface area contributed by atoms with Crippen LogP contribution in [0.25, 0.3) is 0 Å². The highest BCUT2D eigenvalue weighted by molar-refractivity contribution is 7.85. The molecule has 2 rings (SSSR count). The molecule has 0 saturated heterocycles. The van der Waals surface area contributed by atoms with Crippen LogP contribution in [0.3, 0.4) is 0 Å². The Morgan fingerprint density at radius 2 is 2.12 bits per heavy atom. The first-order valence-electron chi connectivity index (χ1n) is 4.48. The van der Waals surface area contributed by atoms with E-state index in [2.05, 4.69) is 9.44 Å². The molecular weight excluding hydrogens is 270 g/mol. The van der Waals surface area contributed by atoms with Crippen molar-refractivity contribution >= 4 is 26.9 Å². The molecule has 0 aliphatic carbocycles. The van der Waals surface area contributed by atoms with Crippen LogP contribution in [0, 0.1) is 0 Å². The number of ether oxygens (including phenoxy) is 2. The quantitative estimate of drug-likeness (QED) is 0.615. The number of oxime groups is 1. The van der Waals surface area contributed by atoms with Gasteiger partial charge in [-0.1, -0.05) is 16.8 Å². The highest BCUT2D eigenvalue weighted by Crippen LogP contribution is 2.32. The van der Waals surface area contributed by atoms with Gasteiger partial charge in [-0.15, -0.1) is 0 Å². The maximum Gasteiger partial charge on any atom is 0.325 e. The maximum atomic E-state index is 10.7. The van der Waals surface area contributed by atoms with Crippen LogP contribution >= 0.6 is 11.6 Å². The number of nitrogens with zero attached hydrogens (tertiary/aromatic N) is 1. The van der Waals surface area contributed by atoms with Crippen molar-refractivity contribution in [3.8, 4) is 11.5 Å². The van der Waals surface area contributed by atoms with Gasteiger partial charge in [0.1, 0.15) is 0 Å². The van der Waals surface area contributed by atoms with E-state index in [1.165, 1.54) is 0 Å². The highest BCUT2D eigenvalue weighted by Gasteiger charge is 2.15. The van der Waals surface area contributed by atoms with E-state index in [0.29, 0.717) is 17.1 Å². The molecule has 0 radical (unpaired) electrons. The standard InChI is InChI=1S/C9H8ClNO5S/c1-17(12,13)16-11-9(10)6-2-3-7-8(4-6)15-5-14-7/h2-4H,5H2,1H3/b11-9-. The van der Waals surface area contributed by atoms with E-state index >= 15 is 0 Å². The fraction of sp³-hybridized carbons (Fsp3) is 0.222. The van der Waals surface area contributed by atoms with Gasteiger partial charge in [0.15, 0.2) is 16.7 Å². The van der Waals surface area contributed by atoms with Gasteiger partial charge in [0.25, 0.3) is 0 Å². The molecule has 1 aliphatic heterocycles. The zero-order valence-electron chi connectivity index (χ0n) is 8.71. The predicted octanol–water partition coefficient (Wildman–Crippen LogP) is 1.29. The Labute approximate surface area is 103 Å². The third-order valence-electron chi connectivity index (χ3n) is 1.86. The van der Waals surface area contributed by atoms with E-state index in [1.54, 1.807) is 18.2 Å². The SMILES string of the molecule is CS(=O)(=O)O/N=C(\Cl)c1ccc2c(c1)OCO2. The minimum absolute atomic E-state index is 0.0891. The van der Waals surface area contributed by atoms with Gasteiger partial charge in [-0.3, -0.25) is 4.28 Å². The summed E-state index contributed by atoms with van der Waals surface area (Å²) in [4.78, 5) is 0. The lowest BCUT2D eigenvalue weighted by Gasteiger charge is -2.00. The fourth-order valence-corrected chi connectivity index (χ4v) is 1.58. The molecule has 1 aliphatic rings. The first-order chi connectivity index (χ1) is 7.96. The van der Waals surface area contributed by atoms with Crippen LogP contribution in [0.1, 0.15) is 5.56 Å². The summed E-state index contributed by atoms with van der Waals surface area (Å²) in [6.07, 6.45) is 0.875. The summed E-state index contributed by atoms with van der Waals surface area (Å²) < 4.78 is 35.9. The van der Waals surface area contributed by atoms with Crippen molar-refractivity contribution < 1.29 is 22.2 Å². The van der Waals surface area contributed by atoms with Crippen molar-refractivity contribution in [1.29, 1.82) is 0 Å². The summed E-state index contributed by atoms with van der Waals surface area (Å²) in [6, 6.07) is 4.85.